The van der Waals surface area contributed by atoms with Gasteiger partial charge in [0.25, 0.3) is 0 Å². The van der Waals surface area contributed by atoms with E-state index in [0.29, 0.717) is 12.5 Å². The maximum atomic E-state index is 9.92. The second kappa shape index (κ2) is 5.00. The zero-order valence-electron chi connectivity index (χ0n) is 10.8. The summed E-state index contributed by atoms with van der Waals surface area (Å²) < 4.78 is 0. The van der Waals surface area contributed by atoms with Crippen LogP contribution in [0.1, 0.15) is 31.8 Å². The first-order chi connectivity index (χ1) is 8.10. The van der Waals surface area contributed by atoms with Gasteiger partial charge in [0.2, 0.25) is 0 Å². The Morgan fingerprint density at radius 3 is 2.88 bits per heavy atom. The Balaban J connectivity index is 2.19. The van der Waals surface area contributed by atoms with Gasteiger partial charge in [-0.2, -0.15) is 0 Å². The summed E-state index contributed by atoms with van der Waals surface area (Å²) >= 11 is 0. The topological polar surface area (TPSA) is 49.2 Å². The number of aryl methyl sites for hydroxylation is 2. The molecule has 0 spiro atoms. The predicted molar refractivity (Wildman–Crippen MR) is 68.1 cm³/mol. The van der Waals surface area contributed by atoms with Crippen LogP contribution in [0.25, 0.3) is 0 Å². The standard InChI is InChI=1S/C13H21N3O/c1-4-11-7-13(15-10(3)14-11)16-6-5-9(2)12(17)8-16/h7,9,12,17H,4-6,8H2,1-3H3. The Bertz CT molecular complexity index is 394. The molecular formula is C13H21N3O. The van der Waals surface area contributed by atoms with Crippen LogP contribution in [0.3, 0.4) is 0 Å². The molecular weight excluding hydrogens is 214 g/mol. The Kier molecular flexibility index (Phi) is 3.62. The molecule has 0 aromatic carbocycles. The molecule has 1 aliphatic rings. The predicted octanol–water partition coefficient (Wildman–Crippen LogP) is 1.55. The molecule has 0 bridgehead atoms. The second-order valence-corrected chi connectivity index (χ2v) is 4.90. The summed E-state index contributed by atoms with van der Waals surface area (Å²) in [4.78, 5) is 11.0. The Morgan fingerprint density at radius 1 is 1.47 bits per heavy atom. The van der Waals surface area contributed by atoms with Crippen molar-refractivity contribution in [1.29, 1.82) is 0 Å². The zero-order chi connectivity index (χ0) is 12.4. The van der Waals surface area contributed by atoms with E-state index in [0.717, 1.165) is 36.7 Å². The smallest absolute Gasteiger partial charge is 0.132 e. The lowest BCUT2D eigenvalue weighted by Gasteiger charge is -2.35. The normalized spacial score (nSPS) is 25.1. The highest BCUT2D eigenvalue weighted by molar-refractivity contribution is 5.40. The van der Waals surface area contributed by atoms with E-state index < -0.39 is 0 Å². The van der Waals surface area contributed by atoms with Gasteiger partial charge in [0.15, 0.2) is 0 Å². The molecule has 2 unspecified atom stereocenters. The number of nitrogens with zero attached hydrogens (tertiary/aromatic N) is 3. The highest BCUT2D eigenvalue weighted by Crippen LogP contribution is 2.22. The van der Waals surface area contributed by atoms with Crippen molar-refractivity contribution in [3.05, 3.63) is 17.6 Å². The molecule has 2 atom stereocenters. The Morgan fingerprint density at radius 2 is 2.24 bits per heavy atom. The van der Waals surface area contributed by atoms with Crippen molar-refractivity contribution < 1.29 is 5.11 Å². The highest BCUT2D eigenvalue weighted by Gasteiger charge is 2.25. The van der Waals surface area contributed by atoms with Gasteiger partial charge in [-0.25, -0.2) is 9.97 Å². The zero-order valence-corrected chi connectivity index (χ0v) is 10.8. The molecule has 0 radical (unpaired) electrons. The number of rotatable bonds is 2. The minimum absolute atomic E-state index is 0.246. The summed E-state index contributed by atoms with van der Waals surface area (Å²) in [5.74, 6) is 2.16. The average Bonchev–Trinajstić information content (AvgIpc) is 2.32. The first-order valence-electron chi connectivity index (χ1n) is 6.37. The molecule has 1 saturated heterocycles. The Labute approximate surface area is 103 Å². The van der Waals surface area contributed by atoms with E-state index in [9.17, 15) is 5.11 Å². The summed E-state index contributed by atoms with van der Waals surface area (Å²) in [6.45, 7) is 7.77. The number of aliphatic hydroxyl groups excluding tert-OH is 1. The van der Waals surface area contributed by atoms with Gasteiger partial charge < -0.3 is 10.0 Å². The van der Waals surface area contributed by atoms with Gasteiger partial charge in [-0.3, -0.25) is 0 Å². The number of aromatic nitrogens is 2. The molecule has 1 aromatic heterocycles. The van der Waals surface area contributed by atoms with Gasteiger partial charge in [0, 0.05) is 24.8 Å². The second-order valence-electron chi connectivity index (χ2n) is 4.90. The molecule has 1 aromatic rings. The van der Waals surface area contributed by atoms with Crippen LogP contribution in [0.15, 0.2) is 6.07 Å². The van der Waals surface area contributed by atoms with Crippen molar-refractivity contribution in [2.45, 2.75) is 39.7 Å². The fourth-order valence-electron chi connectivity index (χ4n) is 2.21. The fourth-order valence-corrected chi connectivity index (χ4v) is 2.21. The highest BCUT2D eigenvalue weighted by atomic mass is 16.3. The van der Waals surface area contributed by atoms with E-state index in [1.54, 1.807) is 0 Å². The lowest BCUT2D eigenvalue weighted by molar-refractivity contribution is 0.102. The van der Waals surface area contributed by atoms with Crippen molar-refractivity contribution >= 4 is 5.82 Å². The summed E-state index contributed by atoms with van der Waals surface area (Å²) in [7, 11) is 0. The lowest BCUT2D eigenvalue weighted by atomic mass is 9.96. The molecule has 0 saturated carbocycles. The molecule has 1 fully saturated rings. The van der Waals surface area contributed by atoms with Crippen molar-refractivity contribution in [3.8, 4) is 0 Å². The maximum absolute atomic E-state index is 9.92. The van der Waals surface area contributed by atoms with E-state index in [1.165, 1.54) is 0 Å². The molecule has 2 rings (SSSR count). The van der Waals surface area contributed by atoms with Crippen LogP contribution in [-0.4, -0.2) is 34.3 Å². The van der Waals surface area contributed by atoms with Gasteiger partial charge in [0.1, 0.15) is 11.6 Å². The van der Waals surface area contributed by atoms with Gasteiger partial charge in [-0.1, -0.05) is 13.8 Å². The molecule has 0 amide bonds. The molecule has 1 aliphatic heterocycles. The van der Waals surface area contributed by atoms with Crippen molar-refractivity contribution in [3.63, 3.8) is 0 Å². The van der Waals surface area contributed by atoms with Crippen molar-refractivity contribution in [2.24, 2.45) is 5.92 Å². The van der Waals surface area contributed by atoms with E-state index in [4.69, 9.17) is 0 Å². The first-order valence-corrected chi connectivity index (χ1v) is 6.37. The van der Waals surface area contributed by atoms with Gasteiger partial charge in [-0.15, -0.1) is 0 Å². The van der Waals surface area contributed by atoms with Crippen LogP contribution in [-0.2, 0) is 6.42 Å². The summed E-state index contributed by atoms with van der Waals surface area (Å²) in [6.07, 6.45) is 1.69. The molecule has 4 heteroatoms. The van der Waals surface area contributed by atoms with Crippen LogP contribution in [0.5, 0.6) is 0 Å². The number of hydrogen-bond donors (Lipinski definition) is 1. The van der Waals surface area contributed by atoms with Crippen LogP contribution in [0.2, 0.25) is 0 Å². The lowest BCUT2D eigenvalue weighted by Crippen LogP contribution is -2.43. The number of hydrogen-bond acceptors (Lipinski definition) is 4. The SMILES string of the molecule is CCc1cc(N2CCC(C)C(O)C2)nc(C)n1. The number of piperidine rings is 1. The van der Waals surface area contributed by atoms with Gasteiger partial charge in [0.05, 0.1) is 6.10 Å². The van der Waals surface area contributed by atoms with Gasteiger partial charge >= 0.3 is 0 Å². The third-order valence-electron chi connectivity index (χ3n) is 3.48. The largest absolute Gasteiger partial charge is 0.391 e. The van der Waals surface area contributed by atoms with E-state index >= 15 is 0 Å². The third-order valence-corrected chi connectivity index (χ3v) is 3.48. The summed E-state index contributed by atoms with van der Waals surface area (Å²) in [5.41, 5.74) is 1.07. The molecule has 4 nitrogen and oxygen atoms in total. The van der Waals surface area contributed by atoms with Crippen LogP contribution in [0, 0.1) is 12.8 Å². The molecule has 1 N–H and O–H groups in total. The van der Waals surface area contributed by atoms with Crippen LogP contribution in [0.4, 0.5) is 5.82 Å². The molecule has 17 heavy (non-hydrogen) atoms. The molecule has 0 aliphatic carbocycles. The van der Waals surface area contributed by atoms with Crippen LogP contribution < -0.4 is 4.90 Å². The minimum atomic E-state index is -0.246. The summed E-state index contributed by atoms with van der Waals surface area (Å²) in [5, 5.41) is 9.92. The van der Waals surface area contributed by atoms with E-state index in [-0.39, 0.29) is 6.10 Å². The van der Waals surface area contributed by atoms with Gasteiger partial charge in [-0.05, 0) is 25.7 Å². The molecule has 94 valence electrons. The average molecular weight is 235 g/mol. The fraction of sp³-hybridized carbons (Fsp3) is 0.692. The quantitative estimate of drug-likeness (QED) is 0.845. The number of β-amino-alcohol motifs (C(OH)–C–C–N with tert-alkyl or cyclic N) is 1. The first kappa shape index (κ1) is 12.3. The monoisotopic (exact) mass is 235 g/mol. The molecule has 2 heterocycles. The van der Waals surface area contributed by atoms with Crippen molar-refractivity contribution in [2.75, 3.05) is 18.0 Å². The van der Waals surface area contributed by atoms with E-state index in [1.807, 2.05) is 13.0 Å². The number of anilines is 1. The van der Waals surface area contributed by atoms with Crippen LogP contribution >= 0.6 is 0 Å². The van der Waals surface area contributed by atoms with E-state index in [2.05, 4.69) is 28.7 Å². The maximum Gasteiger partial charge on any atom is 0.132 e. The summed E-state index contributed by atoms with van der Waals surface area (Å²) in [6, 6.07) is 2.04. The third kappa shape index (κ3) is 2.75. The minimum Gasteiger partial charge on any atom is -0.391 e. The number of aliphatic hydroxyl groups is 1. The van der Waals surface area contributed by atoms with Crippen molar-refractivity contribution in [1.82, 2.24) is 9.97 Å². The Hall–Kier alpha value is -1.16.